The number of benzene rings is 3. The number of nitrogens with zero attached hydrogens (tertiary/aromatic N) is 2. The maximum Gasteiger partial charge on any atom is 0.262 e. The Balaban J connectivity index is 1.57. The van der Waals surface area contributed by atoms with Gasteiger partial charge in [0.05, 0.1) is 6.54 Å². The zero-order chi connectivity index (χ0) is 20.8. The van der Waals surface area contributed by atoms with E-state index in [1.807, 2.05) is 84.9 Å². The fourth-order valence-electron chi connectivity index (χ4n) is 3.01. The van der Waals surface area contributed by atoms with Crippen molar-refractivity contribution in [2.45, 2.75) is 13.2 Å². The van der Waals surface area contributed by atoms with Crippen molar-refractivity contribution in [3.8, 4) is 5.88 Å². The zero-order valence-electron chi connectivity index (χ0n) is 16.2. The van der Waals surface area contributed by atoms with E-state index in [2.05, 4.69) is 26.3 Å². The van der Waals surface area contributed by atoms with E-state index in [1.165, 1.54) is 0 Å². The van der Waals surface area contributed by atoms with Crippen LogP contribution in [0.1, 0.15) is 21.5 Å². The smallest absolute Gasteiger partial charge is 0.262 e. The highest BCUT2D eigenvalue weighted by Gasteiger charge is 2.19. The number of carbonyl (C=O) groups excluding carboxylic acids is 1. The van der Waals surface area contributed by atoms with Gasteiger partial charge in [-0.3, -0.25) is 9.48 Å². The summed E-state index contributed by atoms with van der Waals surface area (Å²) in [5, 5.41) is 7.44. The third kappa shape index (κ3) is 5.15. The minimum atomic E-state index is -0.268. The molecule has 0 spiro atoms. The summed E-state index contributed by atoms with van der Waals surface area (Å²) in [4.78, 5) is 13.0. The highest BCUT2D eigenvalue weighted by molar-refractivity contribution is 9.10. The monoisotopic (exact) mass is 461 g/mol. The van der Waals surface area contributed by atoms with E-state index in [4.69, 9.17) is 4.74 Å². The standard InChI is InChI=1S/C24H20BrN3O2/c25-20-12-7-13-21(14-20)26-23(29)22-16-28(15-18-8-3-1-4-9-18)27-24(22)30-17-19-10-5-2-6-11-19/h1-14,16H,15,17H2,(H,26,29). The lowest BCUT2D eigenvalue weighted by molar-refractivity contribution is 0.102. The molecule has 0 aliphatic rings. The lowest BCUT2D eigenvalue weighted by Gasteiger charge is -2.07. The number of rotatable bonds is 7. The van der Waals surface area contributed by atoms with Crippen LogP contribution in [-0.2, 0) is 13.2 Å². The average Bonchev–Trinajstić information content (AvgIpc) is 3.16. The van der Waals surface area contributed by atoms with Gasteiger partial charge >= 0.3 is 0 Å². The SMILES string of the molecule is O=C(Nc1cccc(Br)c1)c1cn(Cc2ccccc2)nc1OCc1ccccc1. The van der Waals surface area contributed by atoms with Crippen LogP contribution in [-0.4, -0.2) is 15.7 Å². The van der Waals surface area contributed by atoms with Gasteiger partial charge in [0.25, 0.3) is 5.91 Å². The number of amides is 1. The van der Waals surface area contributed by atoms with Crippen molar-refractivity contribution >= 4 is 27.5 Å². The number of aromatic nitrogens is 2. The van der Waals surface area contributed by atoms with Gasteiger partial charge < -0.3 is 10.1 Å². The van der Waals surface area contributed by atoms with Crippen LogP contribution < -0.4 is 10.1 Å². The van der Waals surface area contributed by atoms with Crippen molar-refractivity contribution in [2.24, 2.45) is 0 Å². The maximum atomic E-state index is 13.0. The van der Waals surface area contributed by atoms with E-state index in [9.17, 15) is 4.79 Å². The molecule has 0 fully saturated rings. The second-order valence-electron chi connectivity index (χ2n) is 6.77. The van der Waals surface area contributed by atoms with Crippen LogP contribution in [0.25, 0.3) is 0 Å². The molecule has 150 valence electrons. The molecule has 0 atom stereocenters. The molecular weight excluding hydrogens is 442 g/mol. The summed E-state index contributed by atoms with van der Waals surface area (Å²) in [7, 11) is 0. The number of nitrogens with one attached hydrogen (secondary N) is 1. The number of carbonyl (C=O) groups is 1. The topological polar surface area (TPSA) is 56.2 Å². The van der Waals surface area contributed by atoms with Crippen LogP contribution in [0.2, 0.25) is 0 Å². The minimum Gasteiger partial charge on any atom is -0.471 e. The lowest BCUT2D eigenvalue weighted by Crippen LogP contribution is -2.12. The first kappa shape index (κ1) is 19.9. The largest absolute Gasteiger partial charge is 0.471 e. The van der Waals surface area contributed by atoms with Gasteiger partial charge in [-0.2, -0.15) is 0 Å². The van der Waals surface area contributed by atoms with Crippen LogP contribution in [0.4, 0.5) is 5.69 Å². The highest BCUT2D eigenvalue weighted by atomic mass is 79.9. The summed E-state index contributed by atoms with van der Waals surface area (Å²) in [5.41, 5.74) is 3.18. The van der Waals surface area contributed by atoms with Crippen molar-refractivity contribution < 1.29 is 9.53 Å². The first-order valence-electron chi connectivity index (χ1n) is 9.52. The van der Waals surface area contributed by atoms with Crippen LogP contribution in [0, 0.1) is 0 Å². The lowest BCUT2D eigenvalue weighted by atomic mass is 10.2. The zero-order valence-corrected chi connectivity index (χ0v) is 17.7. The molecule has 30 heavy (non-hydrogen) atoms. The Kier molecular flexibility index (Phi) is 6.25. The predicted octanol–water partition coefficient (Wildman–Crippen LogP) is 5.53. The van der Waals surface area contributed by atoms with E-state index < -0.39 is 0 Å². The van der Waals surface area contributed by atoms with Crippen LogP contribution >= 0.6 is 15.9 Å². The molecule has 0 radical (unpaired) electrons. The van der Waals surface area contributed by atoms with Gasteiger partial charge in [0.15, 0.2) is 0 Å². The summed E-state index contributed by atoms with van der Waals surface area (Å²) in [6.45, 7) is 0.882. The summed E-state index contributed by atoms with van der Waals surface area (Å²) in [6, 6.07) is 27.2. The molecule has 0 saturated carbocycles. The molecule has 4 rings (SSSR count). The van der Waals surface area contributed by atoms with Crippen molar-refractivity contribution in [3.05, 3.63) is 112 Å². The van der Waals surface area contributed by atoms with E-state index in [0.29, 0.717) is 30.3 Å². The van der Waals surface area contributed by atoms with Gasteiger partial charge in [-0.1, -0.05) is 82.7 Å². The van der Waals surface area contributed by atoms with E-state index in [1.54, 1.807) is 10.9 Å². The third-order valence-corrected chi connectivity index (χ3v) is 4.95. The molecule has 0 aliphatic carbocycles. The van der Waals surface area contributed by atoms with Gasteiger partial charge in [0.2, 0.25) is 5.88 Å². The molecule has 3 aromatic carbocycles. The van der Waals surface area contributed by atoms with Gasteiger partial charge in [-0.25, -0.2) is 0 Å². The molecule has 6 heteroatoms. The van der Waals surface area contributed by atoms with Gasteiger partial charge in [-0.15, -0.1) is 5.10 Å². The number of halogens is 1. The van der Waals surface area contributed by atoms with Gasteiger partial charge in [0, 0.05) is 16.4 Å². The van der Waals surface area contributed by atoms with Crippen molar-refractivity contribution in [1.82, 2.24) is 9.78 Å². The number of hydrogen-bond donors (Lipinski definition) is 1. The summed E-state index contributed by atoms with van der Waals surface area (Å²) in [5.74, 6) is 0.0396. The molecule has 0 aliphatic heterocycles. The quantitative estimate of drug-likeness (QED) is 0.393. The number of ether oxygens (including phenoxy) is 1. The Hall–Kier alpha value is -3.38. The molecule has 0 bridgehead atoms. The molecule has 1 aromatic heterocycles. The van der Waals surface area contributed by atoms with Crippen molar-refractivity contribution in [1.29, 1.82) is 0 Å². The second kappa shape index (κ2) is 9.41. The van der Waals surface area contributed by atoms with Gasteiger partial charge in [-0.05, 0) is 29.3 Å². The molecule has 5 nitrogen and oxygen atoms in total. The molecule has 0 unspecified atom stereocenters. The molecule has 1 N–H and O–H groups in total. The molecule has 1 amide bonds. The first-order valence-corrected chi connectivity index (χ1v) is 10.3. The first-order chi connectivity index (χ1) is 14.7. The van der Waals surface area contributed by atoms with Gasteiger partial charge in [0.1, 0.15) is 12.2 Å². The van der Waals surface area contributed by atoms with E-state index in [-0.39, 0.29) is 5.91 Å². The van der Waals surface area contributed by atoms with Crippen molar-refractivity contribution in [2.75, 3.05) is 5.32 Å². The summed E-state index contributed by atoms with van der Waals surface area (Å²) < 4.78 is 8.54. The molecule has 0 saturated heterocycles. The number of anilines is 1. The Morgan fingerprint density at radius 1 is 0.933 bits per heavy atom. The molecular formula is C24H20BrN3O2. The minimum absolute atomic E-state index is 0.268. The Labute approximate surface area is 183 Å². The van der Waals surface area contributed by atoms with E-state index in [0.717, 1.165) is 15.6 Å². The predicted molar refractivity (Wildman–Crippen MR) is 121 cm³/mol. The number of hydrogen-bond acceptors (Lipinski definition) is 3. The Morgan fingerprint density at radius 3 is 2.33 bits per heavy atom. The van der Waals surface area contributed by atoms with Crippen molar-refractivity contribution in [3.63, 3.8) is 0 Å². The fraction of sp³-hybridized carbons (Fsp3) is 0.0833. The summed E-state index contributed by atoms with van der Waals surface area (Å²) in [6.07, 6.45) is 1.72. The fourth-order valence-corrected chi connectivity index (χ4v) is 3.41. The third-order valence-electron chi connectivity index (χ3n) is 4.46. The average molecular weight is 462 g/mol. The second-order valence-corrected chi connectivity index (χ2v) is 7.69. The van der Waals surface area contributed by atoms with E-state index >= 15 is 0 Å². The highest BCUT2D eigenvalue weighted by Crippen LogP contribution is 2.22. The van der Waals surface area contributed by atoms with Crippen LogP contribution in [0.15, 0.2) is 95.6 Å². The Morgan fingerprint density at radius 2 is 1.63 bits per heavy atom. The normalized spacial score (nSPS) is 10.6. The molecule has 1 heterocycles. The molecule has 4 aromatic rings. The summed E-state index contributed by atoms with van der Waals surface area (Å²) >= 11 is 3.42. The van der Waals surface area contributed by atoms with Crippen LogP contribution in [0.3, 0.4) is 0 Å². The Bertz CT molecular complexity index is 1130. The maximum absolute atomic E-state index is 13.0. The van der Waals surface area contributed by atoms with Crippen LogP contribution in [0.5, 0.6) is 5.88 Å².